The highest BCUT2D eigenvalue weighted by Gasteiger charge is 2.34. The van der Waals surface area contributed by atoms with E-state index >= 15 is 0 Å². The molecule has 0 saturated carbocycles. The number of carbonyl (C=O) groups is 1. The lowest BCUT2D eigenvalue weighted by Crippen LogP contribution is -2.29. The number of esters is 1. The molecule has 30 heavy (non-hydrogen) atoms. The van der Waals surface area contributed by atoms with Gasteiger partial charge in [0.15, 0.2) is 0 Å². The van der Waals surface area contributed by atoms with Crippen molar-refractivity contribution in [2.75, 3.05) is 11.9 Å². The second kappa shape index (κ2) is 8.41. The molecule has 0 aliphatic carbocycles. The molecule has 1 N–H and O–H groups in total. The van der Waals surface area contributed by atoms with E-state index in [9.17, 15) is 4.79 Å². The van der Waals surface area contributed by atoms with E-state index in [1.807, 2.05) is 68.4 Å². The molecule has 7 heteroatoms. The highest BCUT2D eigenvalue weighted by Crippen LogP contribution is 2.36. The van der Waals surface area contributed by atoms with Gasteiger partial charge in [0.05, 0.1) is 12.2 Å². The van der Waals surface area contributed by atoms with E-state index in [2.05, 4.69) is 15.4 Å². The van der Waals surface area contributed by atoms with Crippen molar-refractivity contribution in [3.05, 3.63) is 82.8 Å². The quantitative estimate of drug-likeness (QED) is 0.625. The van der Waals surface area contributed by atoms with Crippen molar-refractivity contribution in [3.8, 4) is 5.75 Å². The zero-order valence-corrected chi connectivity index (χ0v) is 17.3. The van der Waals surface area contributed by atoms with E-state index in [0.717, 1.165) is 16.9 Å². The molecule has 0 spiro atoms. The summed E-state index contributed by atoms with van der Waals surface area (Å²) in [4.78, 5) is 17.2. The van der Waals surface area contributed by atoms with Crippen molar-refractivity contribution in [3.63, 3.8) is 0 Å². The lowest BCUT2D eigenvalue weighted by molar-refractivity contribution is -0.139. The van der Waals surface area contributed by atoms with Gasteiger partial charge in [-0.1, -0.05) is 42.5 Å². The SMILES string of the molecule is CCOC(=O)C1=C(C)Nc2nc(C)nn2[C@H]1c1ccc(OCc2ccccc2)cc1. The van der Waals surface area contributed by atoms with Gasteiger partial charge >= 0.3 is 5.97 Å². The van der Waals surface area contributed by atoms with Crippen molar-refractivity contribution in [2.45, 2.75) is 33.4 Å². The number of nitrogens with one attached hydrogen (secondary N) is 1. The second-order valence-electron chi connectivity index (χ2n) is 7.06. The number of allylic oxidation sites excluding steroid dienone is 1. The summed E-state index contributed by atoms with van der Waals surface area (Å²) >= 11 is 0. The highest BCUT2D eigenvalue weighted by molar-refractivity contribution is 5.92. The first-order chi connectivity index (χ1) is 14.6. The molecule has 3 aromatic rings. The summed E-state index contributed by atoms with van der Waals surface area (Å²) in [5.74, 6) is 1.62. The minimum atomic E-state index is -0.426. The lowest BCUT2D eigenvalue weighted by Gasteiger charge is -2.28. The largest absolute Gasteiger partial charge is 0.489 e. The maximum Gasteiger partial charge on any atom is 0.338 e. The van der Waals surface area contributed by atoms with Crippen molar-refractivity contribution in [1.29, 1.82) is 0 Å². The first-order valence-corrected chi connectivity index (χ1v) is 9.91. The van der Waals surface area contributed by atoms with E-state index < -0.39 is 6.04 Å². The van der Waals surface area contributed by atoms with Crippen LogP contribution in [0.2, 0.25) is 0 Å². The predicted molar refractivity (Wildman–Crippen MR) is 113 cm³/mol. The Morgan fingerprint density at radius 3 is 2.53 bits per heavy atom. The summed E-state index contributed by atoms with van der Waals surface area (Å²) in [6, 6.07) is 17.3. The summed E-state index contributed by atoms with van der Waals surface area (Å²) in [7, 11) is 0. The monoisotopic (exact) mass is 404 g/mol. The van der Waals surface area contributed by atoms with Gasteiger partial charge in [-0.15, -0.1) is 0 Å². The smallest absolute Gasteiger partial charge is 0.338 e. The Morgan fingerprint density at radius 1 is 1.10 bits per heavy atom. The third kappa shape index (κ3) is 3.91. The average Bonchev–Trinajstić information content (AvgIpc) is 3.12. The summed E-state index contributed by atoms with van der Waals surface area (Å²) < 4.78 is 12.9. The maximum atomic E-state index is 12.7. The second-order valence-corrected chi connectivity index (χ2v) is 7.06. The maximum absolute atomic E-state index is 12.7. The van der Waals surface area contributed by atoms with Crippen LogP contribution in [0.25, 0.3) is 0 Å². The number of anilines is 1. The molecule has 1 atom stereocenters. The Balaban J connectivity index is 1.63. The van der Waals surface area contributed by atoms with Crippen LogP contribution in [-0.2, 0) is 16.1 Å². The van der Waals surface area contributed by atoms with Gasteiger partial charge in [0.2, 0.25) is 5.95 Å². The van der Waals surface area contributed by atoms with Gasteiger partial charge in [-0.25, -0.2) is 9.48 Å². The third-order valence-corrected chi connectivity index (χ3v) is 4.90. The average molecular weight is 404 g/mol. The van der Waals surface area contributed by atoms with E-state index in [0.29, 0.717) is 36.3 Å². The molecular weight excluding hydrogens is 380 g/mol. The Labute approximate surface area is 175 Å². The molecule has 2 heterocycles. The van der Waals surface area contributed by atoms with Gasteiger partial charge in [-0.3, -0.25) is 0 Å². The minimum Gasteiger partial charge on any atom is -0.489 e. The molecule has 1 aromatic heterocycles. The number of hydrogen-bond donors (Lipinski definition) is 1. The summed E-state index contributed by atoms with van der Waals surface area (Å²) in [5.41, 5.74) is 3.23. The van der Waals surface area contributed by atoms with Gasteiger partial charge < -0.3 is 14.8 Å². The van der Waals surface area contributed by atoms with Gasteiger partial charge in [0, 0.05) is 5.70 Å². The van der Waals surface area contributed by atoms with Gasteiger partial charge in [0.1, 0.15) is 24.2 Å². The number of nitrogens with zero attached hydrogens (tertiary/aromatic N) is 3. The molecule has 0 fully saturated rings. The molecule has 7 nitrogen and oxygen atoms in total. The van der Waals surface area contributed by atoms with Crippen molar-refractivity contribution in [1.82, 2.24) is 14.8 Å². The zero-order chi connectivity index (χ0) is 21.1. The Morgan fingerprint density at radius 2 is 1.83 bits per heavy atom. The standard InChI is InChI=1S/C23H24N4O3/c1-4-29-22(28)20-15(2)24-23-25-16(3)26-27(23)21(20)18-10-12-19(13-11-18)30-14-17-8-6-5-7-9-17/h5-13,21H,4,14H2,1-3H3,(H,24,25,26)/t21-/m0/s1. The molecule has 4 rings (SSSR count). The van der Waals surface area contributed by atoms with Crippen LogP contribution < -0.4 is 10.1 Å². The van der Waals surface area contributed by atoms with E-state index in [1.54, 1.807) is 11.6 Å². The molecule has 0 amide bonds. The van der Waals surface area contributed by atoms with Gasteiger partial charge in [0.25, 0.3) is 0 Å². The molecule has 0 radical (unpaired) electrons. The molecule has 1 aliphatic heterocycles. The van der Waals surface area contributed by atoms with Gasteiger partial charge in [-0.2, -0.15) is 10.1 Å². The first kappa shape index (κ1) is 19.7. The number of aromatic nitrogens is 3. The van der Waals surface area contributed by atoms with Crippen LogP contribution in [0.5, 0.6) is 5.75 Å². The number of ether oxygens (including phenoxy) is 2. The van der Waals surface area contributed by atoms with Crippen LogP contribution >= 0.6 is 0 Å². The Hall–Kier alpha value is -3.61. The predicted octanol–water partition coefficient (Wildman–Crippen LogP) is 4.02. The van der Waals surface area contributed by atoms with Crippen LogP contribution in [-0.4, -0.2) is 27.3 Å². The topological polar surface area (TPSA) is 78.3 Å². The number of rotatable bonds is 6. The molecule has 0 saturated heterocycles. The lowest BCUT2D eigenvalue weighted by atomic mass is 9.96. The van der Waals surface area contributed by atoms with Crippen LogP contribution in [0.15, 0.2) is 65.9 Å². The minimum absolute atomic E-state index is 0.303. The van der Waals surface area contributed by atoms with E-state index in [1.165, 1.54) is 0 Å². The van der Waals surface area contributed by atoms with E-state index in [-0.39, 0.29) is 5.97 Å². The molecule has 0 bridgehead atoms. The van der Waals surface area contributed by atoms with Crippen LogP contribution in [0.4, 0.5) is 5.95 Å². The normalized spacial score (nSPS) is 15.4. The number of hydrogen-bond acceptors (Lipinski definition) is 6. The van der Waals surface area contributed by atoms with Crippen LogP contribution in [0.1, 0.15) is 36.8 Å². The van der Waals surface area contributed by atoms with Crippen LogP contribution in [0.3, 0.4) is 0 Å². The fourth-order valence-corrected chi connectivity index (χ4v) is 3.53. The molecule has 154 valence electrons. The number of carbonyl (C=O) groups excluding carboxylic acids is 1. The highest BCUT2D eigenvalue weighted by atomic mass is 16.5. The Kier molecular flexibility index (Phi) is 5.52. The number of fused-ring (bicyclic) bond motifs is 1. The molecule has 1 aliphatic rings. The molecule has 0 unspecified atom stereocenters. The number of benzene rings is 2. The molecular formula is C23H24N4O3. The summed E-state index contributed by atoms with van der Waals surface area (Å²) in [5, 5.41) is 7.67. The Bertz CT molecular complexity index is 1070. The fourth-order valence-electron chi connectivity index (χ4n) is 3.53. The number of aryl methyl sites for hydroxylation is 1. The fraction of sp³-hybridized carbons (Fsp3) is 0.261. The molecule has 2 aromatic carbocycles. The summed E-state index contributed by atoms with van der Waals surface area (Å²) in [6.07, 6.45) is 0. The van der Waals surface area contributed by atoms with Gasteiger partial charge in [-0.05, 0) is 44.0 Å². The van der Waals surface area contributed by atoms with Crippen molar-refractivity contribution in [2.24, 2.45) is 0 Å². The zero-order valence-electron chi connectivity index (χ0n) is 17.3. The van der Waals surface area contributed by atoms with Crippen molar-refractivity contribution >= 4 is 11.9 Å². The van der Waals surface area contributed by atoms with Crippen molar-refractivity contribution < 1.29 is 14.3 Å². The van der Waals surface area contributed by atoms with E-state index in [4.69, 9.17) is 9.47 Å². The first-order valence-electron chi connectivity index (χ1n) is 9.91. The summed E-state index contributed by atoms with van der Waals surface area (Å²) in [6.45, 7) is 6.27. The third-order valence-electron chi connectivity index (χ3n) is 4.90. The van der Waals surface area contributed by atoms with Crippen LogP contribution in [0, 0.1) is 6.92 Å².